The van der Waals surface area contributed by atoms with Gasteiger partial charge in [-0.25, -0.2) is 9.97 Å². The maximum Gasteiger partial charge on any atom is 0.221 e. The molecule has 0 fully saturated rings. The molecule has 0 atom stereocenters. The van der Waals surface area contributed by atoms with Crippen LogP contribution < -0.4 is 5.32 Å². The molecule has 0 spiro atoms. The molecule has 1 aromatic heterocycles. The minimum Gasteiger partial charge on any atom is -0.322 e. The maximum atomic E-state index is 10.7. The van der Waals surface area contributed by atoms with Gasteiger partial charge in [-0.15, -0.1) is 0 Å². The van der Waals surface area contributed by atoms with Crippen molar-refractivity contribution in [1.29, 1.82) is 0 Å². The zero-order chi connectivity index (χ0) is 9.84. The fraction of sp³-hybridized carbons (Fsp3) is 0.286. The number of carbonyl (C=O) groups is 1. The first-order valence-corrected chi connectivity index (χ1v) is 5.08. The van der Waals surface area contributed by atoms with E-state index in [9.17, 15) is 4.79 Å². The topological polar surface area (TPSA) is 54.9 Å². The van der Waals surface area contributed by atoms with Crippen molar-refractivity contribution in [1.82, 2.24) is 9.97 Å². The second kappa shape index (κ2) is 4.43. The Labute approximate surface area is 85.1 Å². The van der Waals surface area contributed by atoms with E-state index in [-0.39, 0.29) is 11.1 Å². The van der Waals surface area contributed by atoms with E-state index in [4.69, 9.17) is 11.6 Å². The van der Waals surface area contributed by atoms with E-state index in [2.05, 4.69) is 15.3 Å². The summed E-state index contributed by atoms with van der Waals surface area (Å²) in [6.45, 7) is 1.40. The third kappa shape index (κ3) is 2.86. The molecule has 1 rings (SSSR count). The fourth-order valence-corrected chi connectivity index (χ4v) is 1.28. The molecular formula is C7H8ClN3OS. The lowest BCUT2D eigenvalue weighted by Gasteiger charge is -2.03. The monoisotopic (exact) mass is 217 g/mol. The lowest BCUT2D eigenvalue weighted by molar-refractivity contribution is -0.114. The summed E-state index contributed by atoms with van der Waals surface area (Å²) in [6.07, 6.45) is 3.34. The highest BCUT2D eigenvalue weighted by Crippen LogP contribution is 2.20. The molecule has 6 heteroatoms. The van der Waals surface area contributed by atoms with E-state index in [1.54, 1.807) is 0 Å². The van der Waals surface area contributed by atoms with Crippen molar-refractivity contribution >= 4 is 35.0 Å². The standard InChI is InChI=1S/C7H8ClN3OS/c1-4(12)10-5-3-9-7(13-2)11-6(5)8/h3H,1-2H3,(H,10,12). The van der Waals surface area contributed by atoms with Crippen molar-refractivity contribution in [3.8, 4) is 0 Å². The van der Waals surface area contributed by atoms with Crippen LogP contribution in [-0.4, -0.2) is 22.1 Å². The summed E-state index contributed by atoms with van der Waals surface area (Å²) in [5.41, 5.74) is 0.437. The Bertz CT molecular complexity index is 332. The second-order valence-corrected chi connectivity index (χ2v) is 3.37. The lowest BCUT2D eigenvalue weighted by Crippen LogP contribution is -2.07. The van der Waals surface area contributed by atoms with Crippen molar-refractivity contribution in [2.24, 2.45) is 0 Å². The number of hydrogen-bond acceptors (Lipinski definition) is 4. The van der Waals surface area contributed by atoms with E-state index in [0.29, 0.717) is 10.8 Å². The molecule has 0 aliphatic rings. The van der Waals surface area contributed by atoms with Gasteiger partial charge in [0.15, 0.2) is 10.3 Å². The summed E-state index contributed by atoms with van der Waals surface area (Å²) < 4.78 is 0. The number of thioether (sulfide) groups is 1. The van der Waals surface area contributed by atoms with Gasteiger partial charge in [0.2, 0.25) is 5.91 Å². The Hall–Kier alpha value is -0.810. The van der Waals surface area contributed by atoms with Crippen LogP contribution in [0.5, 0.6) is 0 Å². The normalized spacial score (nSPS) is 9.77. The highest BCUT2D eigenvalue weighted by Gasteiger charge is 2.04. The van der Waals surface area contributed by atoms with E-state index in [1.807, 2.05) is 6.26 Å². The number of hydrogen-bond donors (Lipinski definition) is 1. The summed E-state index contributed by atoms with van der Waals surface area (Å²) >= 11 is 7.16. The van der Waals surface area contributed by atoms with Gasteiger partial charge in [0.25, 0.3) is 0 Å². The van der Waals surface area contributed by atoms with Gasteiger partial charge in [-0.2, -0.15) is 0 Å². The molecule has 13 heavy (non-hydrogen) atoms. The molecule has 0 unspecified atom stereocenters. The van der Waals surface area contributed by atoms with Gasteiger partial charge in [-0.1, -0.05) is 23.4 Å². The lowest BCUT2D eigenvalue weighted by atomic mass is 10.5. The van der Waals surface area contributed by atoms with Crippen LogP contribution in [0.4, 0.5) is 5.69 Å². The smallest absolute Gasteiger partial charge is 0.221 e. The molecule has 0 aliphatic carbocycles. The first kappa shape index (κ1) is 10.3. The zero-order valence-electron chi connectivity index (χ0n) is 7.17. The van der Waals surface area contributed by atoms with Gasteiger partial charge < -0.3 is 5.32 Å². The van der Waals surface area contributed by atoms with Gasteiger partial charge in [0.05, 0.1) is 11.9 Å². The molecule has 1 amide bonds. The van der Waals surface area contributed by atoms with Crippen molar-refractivity contribution < 1.29 is 4.79 Å². The average Bonchev–Trinajstić information content (AvgIpc) is 2.08. The second-order valence-electron chi connectivity index (χ2n) is 2.24. The van der Waals surface area contributed by atoms with Gasteiger partial charge >= 0.3 is 0 Å². The number of nitrogens with zero attached hydrogens (tertiary/aromatic N) is 2. The summed E-state index contributed by atoms with van der Waals surface area (Å²) in [6, 6.07) is 0. The van der Waals surface area contributed by atoms with E-state index >= 15 is 0 Å². The molecule has 0 saturated heterocycles. The van der Waals surface area contributed by atoms with Gasteiger partial charge in [-0.3, -0.25) is 4.79 Å². The predicted molar refractivity (Wildman–Crippen MR) is 53.1 cm³/mol. The molecule has 0 saturated carbocycles. The number of halogens is 1. The number of carbonyl (C=O) groups excluding carboxylic acids is 1. The molecule has 1 aromatic rings. The van der Waals surface area contributed by atoms with Crippen molar-refractivity contribution in [3.05, 3.63) is 11.3 Å². The predicted octanol–water partition coefficient (Wildman–Crippen LogP) is 1.81. The van der Waals surface area contributed by atoms with Gasteiger partial charge in [-0.05, 0) is 6.26 Å². The summed E-state index contributed by atoms with van der Waals surface area (Å²) in [4.78, 5) is 18.6. The van der Waals surface area contributed by atoms with Gasteiger partial charge in [0, 0.05) is 6.92 Å². The van der Waals surface area contributed by atoms with E-state index < -0.39 is 0 Å². The largest absolute Gasteiger partial charge is 0.322 e. The highest BCUT2D eigenvalue weighted by atomic mass is 35.5. The zero-order valence-corrected chi connectivity index (χ0v) is 8.74. The third-order valence-corrected chi connectivity index (χ3v) is 2.06. The van der Waals surface area contributed by atoms with E-state index in [1.165, 1.54) is 24.9 Å². The van der Waals surface area contributed by atoms with Crippen LogP contribution in [0.25, 0.3) is 0 Å². The Morgan fingerprint density at radius 2 is 2.38 bits per heavy atom. The number of anilines is 1. The Morgan fingerprint density at radius 1 is 1.69 bits per heavy atom. The molecule has 1 heterocycles. The minimum absolute atomic E-state index is 0.192. The molecule has 70 valence electrons. The molecule has 1 N–H and O–H groups in total. The van der Waals surface area contributed by atoms with E-state index in [0.717, 1.165) is 0 Å². The molecule has 4 nitrogen and oxygen atoms in total. The van der Waals surface area contributed by atoms with Crippen LogP contribution in [0.1, 0.15) is 6.92 Å². The SMILES string of the molecule is CSc1ncc(NC(C)=O)c(Cl)n1. The Morgan fingerprint density at radius 3 is 2.85 bits per heavy atom. The summed E-state index contributed by atoms with van der Waals surface area (Å²) in [7, 11) is 0. The average molecular weight is 218 g/mol. The number of amides is 1. The highest BCUT2D eigenvalue weighted by molar-refractivity contribution is 7.98. The molecular weight excluding hydrogens is 210 g/mol. The van der Waals surface area contributed by atoms with Crippen LogP contribution in [0.3, 0.4) is 0 Å². The Balaban J connectivity index is 2.91. The molecule has 0 radical (unpaired) electrons. The van der Waals surface area contributed by atoms with Crippen LogP contribution in [0.15, 0.2) is 11.4 Å². The fourth-order valence-electron chi connectivity index (χ4n) is 0.718. The molecule has 0 aliphatic heterocycles. The van der Waals surface area contributed by atoms with Crippen molar-refractivity contribution in [2.75, 3.05) is 11.6 Å². The van der Waals surface area contributed by atoms with Crippen molar-refractivity contribution in [3.63, 3.8) is 0 Å². The van der Waals surface area contributed by atoms with Crippen LogP contribution in [0, 0.1) is 0 Å². The molecule has 0 aromatic carbocycles. The number of rotatable bonds is 2. The minimum atomic E-state index is -0.192. The van der Waals surface area contributed by atoms with Gasteiger partial charge in [0.1, 0.15) is 0 Å². The van der Waals surface area contributed by atoms with Crippen LogP contribution >= 0.6 is 23.4 Å². The first-order chi connectivity index (χ1) is 6.13. The van der Waals surface area contributed by atoms with Crippen LogP contribution in [0.2, 0.25) is 5.15 Å². The van der Waals surface area contributed by atoms with Crippen LogP contribution in [-0.2, 0) is 4.79 Å². The first-order valence-electron chi connectivity index (χ1n) is 3.47. The third-order valence-electron chi connectivity index (χ3n) is 1.21. The van der Waals surface area contributed by atoms with Crippen molar-refractivity contribution in [2.45, 2.75) is 12.1 Å². The Kier molecular flexibility index (Phi) is 3.50. The quantitative estimate of drug-likeness (QED) is 0.466. The maximum absolute atomic E-state index is 10.7. The number of aromatic nitrogens is 2. The summed E-state index contributed by atoms with van der Waals surface area (Å²) in [5.74, 6) is -0.192. The number of nitrogens with one attached hydrogen (secondary N) is 1. The molecule has 0 bridgehead atoms. The summed E-state index contributed by atoms with van der Waals surface area (Å²) in [5, 5.41) is 3.36.